The summed E-state index contributed by atoms with van der Waals surface area (Å²) < 4.78 is 0.581. The smallest absolute Gasteiger partial charge is 0.197 e. The van der Waals surface area contributed by atoms with Gasteiger partial charge < -0.3 is 10.4 Å². The first-order valence-corrected chi connectivity index (χ1v) is 6.40. The number of benzene rings is 1. The van der Waals surface area contributed by atoms with E-state index in [-0.39, 0.29) is 5.75 Å². The highest BCUT2D eigenvalue weighted by Gasteiger charge is 2.21. The SMILES string of the molecule is Oc1ccc2c(C3CCNC3)nc(Br)nc2c1. The van der Waals surface area contributed by atoms with Crippen LogP contribution in [-0.2, 0) is 0 Å². The Morgan fingerprint density at radius 3 is 3.00 bits per heavy atom. The molecule has 1 aliphatic rings. The number of aromatic hydroxyl groups is 1. The van der Waals surface area contributed by atoms with Crippen LogP contribution in [-0.4, -0.2) is 28.2 Å². The van der Waals surface area contributed by atoms with Gasteiger partial charge in [-0.3, -0.25) is 0 Å². The standard InChI is InChI=1S/C12H12BrN3O/c13-12-15-10-5-8(17)1-2-9(10)11(16-12)7-3-4-14-6-7/h1-2,5,7,14,17H,3-4,6H2. The third-order valence-electron chi connectivity index (χ3n) is 3.13. The van der Waals surface area contributed by atoms with Crippen LogP contribution in [0, 0.1) is 0 Å². The van der Waals surface area contributed by atoms with Crippen molar-refractivity contribution in [2.24, 2.45) is 0 Å². The van der Waals surface area contributed by atoms with Gasteiger partial charge in [0.1, 0.15) is 5.75 Å². The summed E-state index contributed by atoms with van der Waals surface area (Å²) in [6, 6.07) is 5.25. The molecule has 0 spiro atoms. The molecule has 1 saturated heterocycles. The van der Waals surface area contributed by atoms with Gasteiger partial charge in [-0.25, -0.2) is 9.97 Å². The number of rotatable bonds is 1. The molecule has 0 aliphatic carbocycles. The number of phenols is 1. The minimum atomic E-state index is 0.235. The summed E-state index contributed by atoms with van der Waals surface area (Å²) in [7, 11) is 0. The Kier molecular flexibility index (Phi) is 2.72. The molecule has 88 valence electrons. The molecule has 0 bridgehead atoms. The highest BCUT2D eigenvalue weighted by molar-refractivity contribution is 9.10. The maximum Gasteiger partial charge on any atom is 0.197 e. The monoisotopic (exact) mass is 293 g/mol. The van der Waals surface area contributed by atoms with Gasteiger partial charge in [-0.2, -0.15) is 0 Å². The number of hydrogen-bond acceptors (Lipinski definition) is 4. The van der Waals surface area contributed by atoms with E-state index in [0.29, 0.717) is 10.7 Å². The summed E-state index contributed by atoms with van der Waals surface area (Å²) in [4.78, 5) is 8.79. The predicted octanol–water partition coefficient (Wildman–Crippen LogP) is 2.17. The van der Waals surface area contributed by atoms with E-state index in [1.165, 1.54) is 0 Å². The fourth-order valence-electron chi connectivity index (χ4n) is 2.31. The Hall–Kier alpha value is -1.20. The van der Waals surface area contributed by atoms with Crippen molar-refractivity contribution in [2.75, 3.05) is 13.1 Å². The van der Waals surface area contributed by atoms with Crippen molar-refractivity contribution in [2.45, 2.75) is 12.3 Å². The lowest BCUT2D eigenvalue weighted by atomic mass is 10.0. The maximum atomic E-state index is 9.49. The number of phenolic OH excluding ortho intramolecular Hbond substituents is 1. The van der Waals surface area contributed by atoms with Crippen molar-refractivity contribution < 1.29 is 5.11 Å². The average molecular weight is 294 g/mol. The Morgan fingerprint density at radius 1 is 1.35 bits per heavy atom. The van der Waals surface area contributed by atoms with Gasteiger partial charge in [0, 0.05) is 23.9 Å². The van der Waals surface area contributed by atoms with E-state index in [4.69, 9.17) is 0 Å². The Bertz CT molecular complexity index is 562. The van der Waals surface area contributed by atoms with Gasteiger partial charge in [-0.1, -0.05) is 0 Å². The molecule has 1 aliphatic heterocycles. The van der Waals surface area contributed by atoms with Crippen molar-refractivity contribution >= 4 is 26.8 Å². The molecule has 1 fully saturated rings. The Morgan fingerprint density at radius 2 is 2.24 bits per heavy atom. The second-order valence-corrected chi connectivity index (χ2v) is 4.98. The first kappa shape index (κ1) is 10.9. The van der Waals surface area contributed by atoms with Gasteiger partial charge in [-0.15, -0.1) is 0 Å². The highest BCUT2D eigenvalue weighted by Crippen LogP contribution is 2.29. The molecule has 5 heteroatoms. The number of fused-ring (bicyclic) bond motifs is 1. The molecule has 0 amide bonds. The summed E-state index contributed by atoms with van der Waals surface area (Å²) in [6.07, 6.45) is 1.10. The molecule has 17 heavy (non-hydrogen) atoms. The van der Waals surface area contributed by atoms with Gasteiger partial charge in [-0.05, 0) is 41.0 Å². The summed E-state index contributed by atoms with van der Waals surface area (Å²) in [6.45, 7) is 1.99. The molecule has 2 aromatic rings. The van der Waals surface area contributed by atoms with Crippen LogP contribution in [0.15, 0.2) is 22.9 Å². The lowest BCUT2D eigenvalue weighted by Gasteiger charge is -2.11. The van der Waals surface area contributed by atoms with E-state index in [2.05, 4.69) is 31.2 Å². The van der Waals surface area contributed by atoms with Crippen LogP contribution in [0.4, 0.5) is 0 Å². The number of halogens is 1. The number of nitrogens with zero attached hydrogens (tertiary/aromatic N) is 2. The van der Waals surface area contributed by atoms with Gasteiger partial charge in [0.15, 0.2) is 4.73 Å². The van der Waals surface area contributed by atoms with Crippen molar-refractivity contribution in [1.29, 1.82) is 0 Å². The molecule has 4 nitrogen and oxygen atoms in total. The molecular formula is C12H12BrN3O. The number of hydrogen-bond donors (Lipinski definition) is 2. The van der Waals surface area contributed by atoms with Gasteiger partial charge >= 0.3 is 0 Å². The van der Waals surface area contributed by atoms with Crippen LogP contribution in [0.5, 0.6) is 5.75 Å². The van der Waals surface area contributed by atoms with E-state index in [1.54, 1.807) is 12.1 Å². The van der Waals surface area contributed by atoms with Crippen molar-refractivity contribution in [3.05, 3.63) is 28.6 Å². The van der Waals surface area contributed by atoms with E-state index < -0.39 is 0 Å². The van der Waals surface area contributed by atoms with Crippen molar-refractivity contribution in [1.82, 2.24) is 15.3 Å². The highest BCUT2D eigenvalue weighted by atomic mass is 79.9. The summed E-state index contributed by atoms with van der Waals surface area (Å²) in [5, 5.41) is 13.9. The lowest BCUT2D eigenvalue weighted by Crippen LogP contribution is -2.09. The molecule has 3 rings (SSSR count). The molecule has 0 radical (unpaired) electrons. The molecule has 1 aromatic heterocycles. The average Bonchev–Trinajstić information content (AvgIpc) is 2.80. The second kappa shape index (κ2) is 4.23. The minimum Gasteiger partial charge on any atom is -0.508 e. The minimum absolute atomic E-state index is 0.235. The van der Waals surface area contributed by atoms with Crippen molar-refractivity contribution in [3.8, 4) is 5.75 Å². The van der Waals surface area contributed by atoms with Crippen LogP contribution >= 0.6 is 15.9 Å². The summed E-state index contributed by atoms with van der Waals surface area (Å²) in [5.74, 6) is 0.667. The van der Waals surface area contributed by atoms with Gasteiger partial charge in [0.25, 0.3) is 0 Å². The van der Waals surface area contributed by atoms with E-state index in [0.717, 1.165) is 36.1 Å². The zero-order valence-corrected chi connectivity index (χ0v) is 10.7. The largest absolute Gasteiger partial charge is 0.508 e. The summed E-state index contributed by atoms with van der Waals surface area (Å²) in [5.41, 5.74) is 1.85. The van der Waals surface area contributed by atoms with E-state index in [9.17, 15) is 5.11 Å². The first-order valence-electron chi connectivity index (χ1n) is 5.61. The van der Waals surface area contributed by atoms with E-state index >= 15 is 0 Å². The molecule has 2 N–H and O–H groups in total. The number of nitrogens with one attached hydrogen (secondary N) is 1. The van der Waals surface area contributed by atoms with Gasteiger partial charge in [0.2, 0.25) is 0 Å². The number of aromatic nitrogens is 2. The third-order valence-corrected chi connectivity index (χ3v) is 3.48. The first-order chi connectivity index (χ1) is 8.24. The molecule has 1 unspecified atom stereocenters. The molecule has 1 atom stereocenters. The Labute approximate surface area is 107 Å². The molecule has 0 saturated carbocycles. The second-order valence-electron chi connectivity index (χ2n) is 4.27. The summed E-state index contributed by atoms with van der Waals surface area (Å²) >= 11 is 3.33. The van der Waals surface area contributed by atoms with Crippen LogP contribution in [0.3, 0.4) is 0 Å². The van der Waals surface area contributed by atoms with E-state index in [1.807, 2.05) is 6.07 Å². The Balaban J connectivity index is 2.21. The van der Waals surface area contributed by atoms with Crippen molar-refractivity contribution in [3.63, 3.8) is 0 Å². The third kappa shape index (κ3) is 2.00. The molecular weight excluding hydrogens is 282 g/mol. The lowest BCUT2D eigenvalue weighted by molar-refractivity contribution is 0.476. The van der Waals surface area contributed by atoms with Crippen LogP contribution < -0.4 is 5.32 Å². The van der Waals surface area contributed by atoms with Gasteiger partial charge in [0.05, 0.1) is 11.2 Å². The molecule has 2 heterocycles. The topological polar surface area (TPSA) is 58.0 Å². The zero-order valence-electron chi connectivity index (χ0n) is 9.15. The predicted molar refractivity (Wildman–Crippen MR) is 69.1 cm³/mol. The maximum absolute atomic E-state index is 9.49. The zero-order chi connectivity index (χ0) is 11.8. The fraction of sp³-hybridized carbons (Fsp3) is 0.333. The molecule has 1 aromatic carbocycles. The fourth-order valence-corrected chi connectivity index (χ4v) is 2.69. The quantitative estimate of drug-likeness (QED) is 0.791. The van der Waals surface area contributed by atoms with Crippen LogP contribution in [0.1, 0.15) is 18.0 Å². The van der Waals surface area contributed by atoms with Crippen LogP contribution in [0.25, 0.3) is 10.9 Å². The normalized spacial score (nSPS) is 19.9. The van der Waals surface area contributed by atoms with Crippen LogP contribution in [0.2, 0.25) is 0 Å².